The smallest absolute Gasteiger partial charge is 0.131 e. The first-order valence-electron chi connectivity index (χ1n) is 6.27. The quantitative estimate of drug-likeness (QED) is 0.899. The standard InChI is InChI=1S/C14H18FN3O/c1-3-10-7-11(18(2)17-10)9-19-14-6-4-5-13(15)12(14)8-16/h4-7H,3,8-9,16H2,1-2H3. The monoisotopic (exact) mass is 263 g/mol. The van der Waals surface area contributed by atoms with Crippen molar-refractivity contribution in [2.24, 2.45) is 12.8 Å². The lowest BCUT2D eigenvalue weighted by Gasteiger charge is -2.10. The Hall–Kier alpha value is -1.88. The summed E-state index contributed by atoms with van der Waals surface area (Å²) in [5, 5.41) is 4.34. The number of rotatable bonds is 5. The van der Waals surface area contributed by atoms with E-state index in [1.54, 1.807) is 16.8 Å². The predicted molar refractivity (Wildman–Crippen MR) is 71.2 cm³/mol. The number of aryl methyl sites for hydroxylation is 2. The molecule has 0 unspecified atom stereocenters. The van der Waals surface area contributed by atoms with Crippen molar-refractivity contribution in [1.29, 1.82) is 0 Å². The van der Waals surface area contributed by atoms with Gasteiger partial charge in [-0.05, 0) is 24.6 Å². The van der Waals surface area contributed by atoms with Crippen LogP contribution in [-0.4, -0.2) is 9.78 Å². The lowest BCUT2D eigenvalue weighted by atomic mass is 10.2. The number of benzene rings is 1. The van der Waals surface area contributed by atoms with Crippen molar-refractivity contribution < 1.29 is 9.13 Å². The summed E-state index contributed by atoms with van der Waals surface area (Å²) in [6, 6.07) is 6.71. The van der Waals surface area contributed by atoms with E-state index >= 15 is 0 Å². The van der Waals surface area contributed by atoms with Crippen molar-refractivity contribution in [1.82, 2.24) is 9.78 Å². The van der Waals surface area contributed by atoms with Crippen LogP contribution in [0.5, 0.6) is 5.75 Å². The topological polar surface area (TPSA) is 53.1 Å². The second kappa shape index (κ2) is 5.84. The normalized spacial score (nSPS) is 10.7. The van der Waals surface area contributed by atoms with Crippen LogP contribution in [0.25, 0.3) is 0 Å². The van der Waals surface area contributed by atoms with Crippen molar-refractivity contribution >= 4 is 0 Å². The number of aromatic nitrogens is 2. The predicted octanol–water partition coefficient (Wildman–Crippen LogP) is 2.16. The van der Waals surface area contributed by atoms with E-state index < -0.39 is 0 Å². The average molecular weight is 263 g/mol. The second-order valence-electron chi connectivity index (χ2n) is 4.31. The van der Waals surface area contributed by atoms with E-state index in [1.165, 1.54) is 6.07 Å². The van der Waals surface area contributed by atoms with Gasteiger partial charge < -0.3 is 10.5 Å². The molecule has 0 aliphatic carbocycles. The highest BCUT2D eigenvalue weighted by molar-refractivity contribution is 5.34. The second-order valence-corrected chi connectivity index (χ2v) is 4.31. The molecule has 1 aromatic carbocycles. The van der Waals surface area contributed by atoms with Gasteiger partial charge in [-0.25, -0.2) is 4.39 Å². The summed E-state index contributed by atoms with van der Waals surface area (Å²) in [5.74, 6) is 0.154. The molecule has 0 saturated carbocycles. The highest BCUT2D eigenvalue weighted by Gasteiger charge is 2.09. The van der Waals surface area contributed by atoms with Crippen LogP contribution in [0.1, 0.15) is 23.9 Å². The Labute approximate surface area is 112 Å². The van der Waals surface area contributed by atoms with Gasteiger partial charge in [-0.2, -0.15) is 5.10 Å². The minimum Gasteiger partial charge on any atom is -0.487 e. The molecule has 2 N–H and O–H groups in total. The molecule has 1 aromatic heterocycles. The van der Waals surface area contributed by atoms with Crippen molar-refractivity contribution in [3.63, 3.8) is 0 Å². The summed E-state index contributed by atoms with van der Waals surface area (Å²) in [5.41, 5.74) is 7.90. The summed E-state index contributed by atoms with van der Waals surface area (Å²) >= 11 is 0. The summed E-state index contributed by atoms with van der Waals surface area (Å²) in [4.78, 5) is 0. The zero-order valence-corrected chi connectivity index (χ0v) is 11.2. The summed E-state index contributed by atoms with van der Waals surface area (Å²) < 4.78 is 21.0. The third-order valence-corrected chi connectivity index (χ3v) is 3.05. The molecule has 102 valence electrons. The van der Waals surface area contributed by atoms with Gasteiger partial charge in [0.2, 0.25) is 0 Å². The molecule has 0 saturated heterocycles. The lowest BCUT2D eigenvalue weighted by molar-refractivity contribution is 0.290. The highest BCUT2D eigenvalue weighted by Crippen LogP contribution is 2.22. The molecule has 0 amide bonds. The van der Waals surface area contributed by atoms with E-state index in [9.17, 15) is 4.39 Å². The molecular weight excluding hydrogens is 245 g/mol. The van der Waals surface area contributed by atoms with Gasteiger partial charge in [0.1, 0.15) is 18.2 Å². The Bertz CT molecular complexity index is 566. The minimum atomic E-state index is -0.334. The number of hydrogen-bond donors (Lipinski definition) is 1. The van der Waals surface area contributed by atoms with Gasteiger partial charge in [0.25, 0.3) is 0 Å². The van der Waals surface area contributed by atoms with Gasteiger partial charge in [0.15, 0.2) is 0 Å². The number of halogens is 1. The average Bonchev–Trinajstić information content (AvgIpc) is 2.77. The van der Waals surface area contributed by atoms with Crippen molar-refractivity contribution in [3.8, 4) is 5.75 Å². The third-order valence-electron chi connectivity index (χ3n) is 3.05. The maximum Gasteiger partial charge on any atom is 0.131 e. The van der Waals surface area contributed by atoms with Gasteiger partial charge in [-0.1, -0.05) is 13.0 Å². The number of nitrogens with two attached hydrogens (primary N) is 1. The fourth-order valence-corrected chi connectivity index (χ4v) is 1.90. The van der Waals surface area contributed by atoms with Gasteiger partial charge in [-0.15, -0.1) is 0 Å². The Morgan fingerprint density at radius 3 is 2.84 bits per heavy atom. The van der Waals surface area contributed by atoms with Crippen LogP contribution in [0.15, 0.2) is 24.3 Å². The van der Waals surface area contributed by atoms with Gasteiger partial charge >= 0.3 is 0 Å². The molecule has 0 radical (unpaired) electrons. The maximum absolute atomic E-state index is 13.5. The molecule has 0 aliphatic heterocycles. The van der Waals surface area contributed by atoms with Crippen LogP contribution in [0.4, 0.5) is 4.39 Å². The van der Waals surface area contributed by atoms with E-state index in [0.29, 0.717) is 17.9 Å². The Morgan fingerprint density at radius 1 is 1.42 bits per heavy atom. The fourth-order valence-electron chi connectivity index (χ4n) is 1.90. The Balaban J connectivity index is 2.14. The van der Waals surface area contributed by atoms with Crippen molar-refractivity contribution in [2.45, 2.75) is 26.5 Å². The van der Waals surface area contributed by atoms with E-state index in [2.05, 4.69) is 5.10 Å². The molecule has 2 rings (SSSR count). The summed E-state index contributed by atoms with van der Waals surface area (Å²) in [6.07, 6.45) is 0.877. The largest absolute Gasteiger partial charge is 0.487 e. The van der Waals surface area contributed by atoms with Crippen LogP contribution in [-0.2, 0) is 26.6 Å². The summed E-state index contributed by atoms with van der Waals surface area (Å²) in [7, 11) is 1.87. The fraction of sp³-hybridized carbons (Fsp3) is 0.357. The van der Waals surface area contributed by atoms with E-state index in [0.717, 1.165) is 17.8 Å². The first kappa shape index (κ1) is 13.5. The lowest BCUT2D eigenvalue weighted by Crippen LogP contribution is -2.07. The van der Waals surface area contributed by atoms with E-state index in [4.69, 9.17) is 10.5 Å². The van der Waals surface area contributed by atoms with Crippen molar-refractivity contribution in [2.75, 3.05) is 0 Å². The van der Waals surface area contributed by atoms with Crippen LogP contribution < -0.4 is 10.5 Å². The molecule has 0 atom stereocenters. The Kier molecular flexibility index (Phi) is 4.16. The zero-order valence-electron chi connectivity index (χ0n) is 11.2. The zero-order chi connectivity index (χ0) is 13.8. The highest BCUT2D eigenvalue weighted by atomic mass is 19.1. The molecule has 0 bridgehead atoms. The first-order chi connectivity index (χ1) is 9.15. The van der Waals surface area contributed by atoms with Crippen LogP contribution in [0.3, 0.4) is 0 Å². The van der Waals surface area contributed by atoms with Gasteiger partial charge in [0.05, 0.1) is 11.4 Å². The molecule has 0 spiro atoms. The molecule has 19 heavy (non-hydrogen) atoms. The van der Waals surface area contributed by atoms with Crippen LogP contribution in [0, 0.1) is 5.82 Å². The number of hydrogen-bond acceptors (Lipinski definition) is 3. The third kappa shape index (κ3) is 2.93. The SMILES string of the molecule is CCc1cc(COc2cccc(F)c2CN)n(C)n1. The molecule has 0 aliphatic rings. The first-order valence-corrected chi connectivity index (χ1v) is 6.27. The molecule has 1 heterocycles. The minimum absolute atomic E-state index is 0.119. The molecule has 5 heteroatoms. The van der Waals surface area contributed by atoms with Crippen molar-refractivity contribution in [3.05, 3.63) is 47.0 Å². The van der Waals surface area contributed by atoms with Gasteiger partial charge in [0, 0.05) is 19.2 Å². The maximum atomic E-state index is 13.5. The molecule has 0 fully saturated rings. The number of ether oxygens (including phenoxy) is 1. The Morgan fingerprint density at radius 2 is 2.21 bits per heavy atom. The molecular formula is C14H18FN3O. The molecule has 2 aromatic rings. The van der Waals surface area contributed by atoms with Crippen LogP contribution >= 0.6 is 0 Å². The number of nitrogens with zero attached hydrogens (tertiary/aromatic N) is 2. The van der Waals surface area contributed by atoms with E-state index in [1.807, 2.05) is 20.0 Å². The van der Waals surface area contributed by atoms with E-state index in [-0.39, 0.29) is 12.4 Å². The van der Waals surface area contributed by atoms with Crippen LogP contribution in [0.2, 0.25) is 0 Å². The summed E-state index contributed by atoms with van der Waals surface area (Å²) in [6.45, 7) is 2.51. The van der Waals surface area contributed by atoms with Gasteiger partial charge in [-0.3, -0.25) is 4.68 Å². The molecule has 4 nitrogen and oxygen atoms in total.